The molecular weight excluding hydrogens is 450 g/mol. The molecule has 0 radical (unpaired) electrons. The summed E-state index contributed by atoms with van der Waals surface area (Å²) < 4.78 is 9.43. The lowest BCUT2D eigenvalue weighted by Gasteiger charge is -2.30. The van der Waals surface area contributed by atoms with Crippen LogP contribution in [-0.2, 0) is 37.6 Å². The number of carbonyl (C=O) groups is 1. The highest BCUT2D eigenvalue weighted by atomic mass is 16.6. The Kier molecular flexibility index (Phi) is 6.20. The van der Waals surface area contributed by atoms with Gasteiger partial charge in [-0.15, -0.1) is 0 Å². The molecule has 2 aromatic carbocycles. The van der Waals surface area contributed by atoms with Crippen molar-refractivity contribution >= 4 is 17.0 Å². The maximum atomic E-state index is 13.0. The molecule has 0 unspecified atom stereocenters. The fraction of sp³-hybridized carbons (Fsp3) is 0.333. The highest BCUT2D eigenvalue weighted by Gasteiger charge is 2.29. The van der Waals surface area contributed by atoms with Crippen molar-refractivity contribution in [2.45, 2.75) is 52.2 Å². The Bertz CT molecular complexity index is 1480. The molecule has 4 aromatic rings. The largest absolute Gasteiger partial charge is 0.444 e. The summed E-state index contributed by atoms with van der Waals surface area (Å²) in [5.41, 5.74) is 6.03. The van der Waals surface area contributed by atoms with Gasteiger partial charge in [0, 0.05) is 36.9 Å². The van der Waals surface area contributed by atoms with E-state index in [0.717, 1.165) is 41.7 Å². The van der Waals surface area contributed by atoms with E-state index in [1.165, 1.54) is 16.5 Å². The van der Waals surface area contributed by atoms with Crippen LogP contribution in [0.1, 0.15) is 43.2 Å². The number of nitrogens with zero attached hydrogens (tertiary/aromatic N) is 3. The van der Waals surface area contributed by atoms with Gasteiger partial charge in [-0.3, -0.25) is 9.36 Å². The van der Waals surface area contributed by atoms with E-state index in [4.69, 9.17) is 4.74 Å². The van der Waals surface area contributed by atoms with Crippen molar-refractivity contribution in [1.82, 2.24) is 14.0 Å². The average Bonchev–Trinajstić information content (AvgIpc) is 3.13. The third kappa shape index (κ3) is 4.81. The molecule has 186 valence electrons. The second kappa shape index (κ2) is 9.34. The summed E-state index contributed by atoms with van der Waals surface area (Å²) >= 11 is 0. The van der Waals surface area contributed by atoms with Gasteiger partial charge >= 0.3 is 6.09 Å². The summed E-state index contributed by atoms with van der Waals surface area (Å²) in [6.45, 7) is 6.80. The van der Waals surface area contributed by atoms with Gasteiger partial charge in [-0.05, 0) is 74.9 Å². The minimum Gasteiger partial charge on any atom is -0.444 e. The number of carbonyl (C=O) groups excluding carboxylic acids is 1. The minimum absolute atomic E-state index is 0.0324. The van der Waals surface area contributed by atoms with Crippen LogP contribution in [0.5, 0.6) is 0 Å². The van der Waals surface area contributed by atoms with E-state index in [0.29, 0.717) is 13.1 Å². The quantitative estimate of drug-likeness (QED) is 0.390. The smallest absolute Gasteiger partial charge is 0.410 e. The van der Waals surface area contributed by atoms with Gasteiger partial charge in [0.15, 0.2) is 0 Å². The molecular formula is C30H33N3O3. The molecule has 0 saturated heterocycles. The van der Waals surface area contributed by atoms with Crippen LogP contribution in [0.2, 0.25) is 0 Å². The SMILES string of the molecule is Cn1c2c(c3ccc(-n4ccc(CCc5ccccc5)cc4=O)cc31)CCN(C(=O)OC(C)(C)C)C2. The summed E-state index contributed by atoms with van der Waals surface area (Å²) in [4.78, 5) is 27.4. The number of pyridine rings is 1. The van der Waals surface area contributed by atoms with Gasteiger partial charge in [0.05, 0.1) is 17.7 Å². The van der Waals surface area contributed by atoms with E-state index in [1.807, 2.05) is 64.3 Å². The van der Waals surface area contributed by atoms with Crippen molar-refractivity contribution in [2.75, 3.05) is 6.54 Å². The van der Waals surface area contributed by atoms with Crippen molar-refractivity contribution < 1.29 is 9.53 Å². The monoisotopic (exact) mass is 483 g/mol. The first-order valence-electron chi connectivity index (χ1n) is 12.5. The Morgan fingerprint density at radius 3 is 2.44 bits per heavy atom. The molecule has 0 fully saturated rings. The van der Waals surface area contributed by atoms with Crippen LogP contribution in [0.3, 0.4) is 0 Å². The molecule has 0 bridgehead atoms. The average molecular weight is 484 g/mol. The first kappa shape index (κ1) is 23.9. The maximum absolute atomic E-state index is 13.0. The number of aryl methyl sites for hydroxylation is 3. The highest BCUT2D eigenvalue weighted by Crippen LogP contribution is 2.32. The lowest BCUT2D eigenvalue weighted by atomic mass is 10.0. The summed E-state index contributed by atoms with van der Waals surface area (Å²) in [7, 11) is 2.03. The predicted octanol–water partition coefficient (Wildman–Crippen LogP) is 5.41. The summed E-state index contributed by atoms with van der Waals surface area (Å²) in [6.07, 6.45) is 4.11. The topological polar surface area (TPSA) is 56.5 Å². The number of hydrogen-bond acceptors (Lipinski definition) is 3. The molecule has 5 rings (SSSR count). The molecule has 0 atom stereocenters. The van der Waals surface area contributed by atoms with Gasteiger partial charge in [0.25, 0.3) is 5.56 Å². The molecule has 6 heteroatoms. The zero-order valence-corrected chi connectivity index (χ0v) is 21.5. The van der Waals surface area contributed by atoms with Crippen LogP contribution in [-0.4, -0.2) is 32.3 Å². The highest BCUT2D eigenvalue weighted by molar-refractivity contribution is 5.88. The standard InChI is InChI=1S/C30H33N3O3/c1-30(2,3)36-29(35)32-16-15-25-24-13-12-23(19-26(24)31(4)27(25)20-32)33-17-14-22(18-28(33)34)11-10-21-8-6-5-7-9-21/h5-9,12-14,17-19H,10-11,15-16,20H2,1-4H3. The van der Waals surface area contributed by atoms with E-state index in [1.54, 1.807) is 15.5 Å². The van der Waals surface area contributed by atoms with Crippen LogP contribution in [0.25, 0.3) is 16.6 Å². The summed E-state index contributed by atoms with van der Waals surface area (Å²) in [5, 5.41) is 1.17. The molecule has 0 saturated carbocycles. The molecule has 0 N–H and O–H groups in total. The number of benzene rings is 2. The normalized spacial score (nSPS) is 13.6. The number of ether oxygens (including phenoxy) is 1. The molecule has 1 amide bonds. The first-order valence-corrected chi connectivity index (χ1v) is 12.5. The zero-order valence-electron chi connectivity index (χ0n) is 21.5. The molecule has 3 heterocycles. The molecule has 0 aliphatic carbocycles. The second-order valence-electron chi connectivity index (χ2n) is 10.6. The summed E-state index contributed by atoms with van der Waals surface area (Å²) in [6, 6.07) is 20.3. The van der Waals surface area contributed by atoms with Gasteiger partial charge in [0.2, 0.25) is 0 Å². The Morgan fingerprint density at radius 1 is 0.972 bits per heavy atom. The zero-order chi connectivity index (χ0) is 25.4. The molecule has 1 aliphatic heterocycles. The van der Waals surface area contributed by atoms with E-state index < -0.39 is 5.60 Å². The van der Waals surface area contributed by atoms with Crippen molar-refractivity contribution in [3.05, 3.63) is 99.6 Å². The minimum atomic E-state index is -0.518. The number of hydrogen-bond donors (Lipinski definition) is 0. The van der Waals surface area contributed by atoms with Gasteiger partial charge in [-0.25, -0.2) is 4.79 Å². The van der Waals surface area contributed by atoms with E-state index >= 15 is 0 Å². The van der Waals surface area contributed by atoms with Crippen LogP contribution < -0.4 is 5.56 Å². The van der Waals surface area contributed by atoms with E-state index in [-0.39, 0.29) is 11.7 Å². The van der Waals surface area contributed by atoms with Gasteiger partial charge < -0.3 is 14.2 Å². The number of rotatable bonds is 4. The fourth-order valence-electron chi connectivity index (χ4n) is 5.00. The Labute approximate surface area is 211 Å². The lowest BCUT2D eigenvalue weighted by molar-refractivity contribution is 0.0220. The van der Waals surface area contributed by atoms with Crippen LogP contribution >= 0.6 is 0 Å². The predicted molar refractivity (Wildman–Crippen MR) is 143 cm³/mol. The molecule has 0 spiro atoms. The lowest BCUT2D eigenvalue weighted by Crippen LogP contribution is -2.40. The van der Waals surface area contributed by atoms with Crippen molar-refractivity contribution in [3.8, 4) is 5.69 Å². The third-order valence-corrected chi connectivity index (χ3v) is 6.85. The Balaban J connectivity index is 1.39. The first-order chi connectivity index (χ1) is 17.2. The Morgan fingerprint density at radius 2 is 1.72 bits per heavy atom. The fourth-order valence-corrected chi connectivity index (χ4v) is 5.00. The van der Waals surface area contributed by atoms with E-state index in [9.17, 15) is 9.59 Å². The second-order valence-corrected chi connectivity index (χ2v) is 10.6. The van der Waals surface area contributed by atoms with Gasteiger partial charge in [-0.1, -0.05) is 36.4 Å². The van der Waals surface area contributed by atoms with Crippen LogP contribution in [0.4, 0.5) is 4.79 Å². The molecule has 1 aliphatic rings. The summed E-state index contributed by atoms with van der Waals surface area (Å²) in [5.74, 6) is 0. The number of fused-ring (bicyclic) bond motifs is 3. The van der Waals surface area contributed by atoms with Gasteiger partial charge in [0.1, 0.15) is 5.60 Å². The third-order valence-electron chi connectivity index (χ3n) is 6.85. The number of aromatic nitrogens is 2. The molecule has 6 nitrogen and oxygen atoms in total. The van der Waals surface area contributed by atoms with Crippen LogP contribution in [0, 0.1) is 0 Å². The molecule has 36 heavy (non-hydrogen) atoms. The Hall–Kier alpha value is -3.80. The van der Waals surface area contributed by atoms with Crippen molar-refractivity contribution in [2.24, 2.45) is 7.05 Å². The number of amides is 1. The van der Waals surface area contributed by atoms with Crippen LogP contribution in [0.15, 0.2) is 71.7 Å². The maximum Gasteiger partial charge on any atom is 0.410 e. The van der Waals surface area contributed by atoms with Crippen molar-refractivity contribution in [1.29, 1.82) is 0 Å². The molecule has 2 aromatic heterocycles. The van der Waals surface area contributed by atoms with Crippen molar-refractivity contribution in [3.63, 3.8) is 0 Å². The van der Waals surface area contributed by atoms with Gasteiger partial charge in [-0.2, -0.15) is 0 Å². The van der Waals surface area contributed by atoms with E-state index in [2.05, 4.69) is 28.8 Å².